The Morgan fingerprint density at radius 1 is 1.22 bits per heavy atom. The normalized spacial score (nSPS) is 15.7. The lowest BCUT2D eigenvalue weighted by molar-refractivity contribution is 1.38. The van der Waals surface area contributed by atoms with Gasteiger partial charge in [-0.3, -0.25) is 0 Å². The molecule has 0 amide bonds. The van der Waals surface area contributed by atoms with Crippen LogP contribution in [0.3, 0.4) is 0 Å². The van der Waals surface area contributed by atoms with Gasteiger partial charge in [-0.15, -0.1) is 0 Å². The molecule has 0 nitrogen and oxygen atoms in total. The average Bonchev–Trinajstić information content (AvgIpc) is 1.62. The molecule has 9 heavy (non-hydrogen) atoms. The molecule has 0 radical (unpaired) electrons. The third kappa shape index (κ3) is 6.32. The second-order valence-corrected chi connectivity index (χ2v) is 14.1. The fourth-order valence-corrected chi connectivity index (χ4v) is 10.7. The van der Waals surface area contributed by atoms with Crippen LogP contribution < -0.4 is 0 Å². The maximum Gasteiger partial charge on any atom is 0.0413 e. The smallest absolute Gasteiger partial charge is 0.0413 e. The molecule has 1 unspecified atom stereocenters. The molecule has 0 saturated heterocycles. The van der Waals surface area contributed by atoms with Gasteiger partial charge in [-0.2, -0.15) is 0 Å². The molecule has 0 aliphatic rings. The van der Waals surface area contributed by atoms with Gasteiger partial charge < -0.3 is 0 Å². The van der Waals surface area contributed by atoms with E-state index in [4.69, 9.17) is 0 Å². The molecule has 0 aromatic heterocycles. The lowest BCUT2D eigenvalue weighted by Crippen LogP contribution is -2.26. The van der Waals surface area contributed by atoms with Crippen molar-refractivity contribution in [1.29, 1.82) is 0 Å². The lowest BCUT2D eigenvalue weighted by atomic mass is 11.0. The molecule has 0 fully saturated rings. The van der Waals surface area contributed by atoms with E-state index in [0.29, 0.717) is 0 Å². The summed E-state index contributed by atoms with van der Waals surface area (Å²) >= 11 is 0. The van der Waals surface area contributed by atoms with Crippen molar-refractivity contribution in [2.75, 3.05) is 0 Å². The largest absolute Gasteiger partial charge is 0.0722 e. The van der Waals surface area contributed by atoms with Crippen molar-refractivity contribution in [3.05, 3.63) is 0 Å². The summed E-state index contributed by atoms with van der Waals surface area (Å²) < 4.78 is 0. The first-order valence-corrected chi connectivity index (χ1v) is 10.4. The first-order chi connectivity index (χ1) is 3.95. The zero-order valence-corrected chi connectivity index (χ0v) is 9.65. The Hall–Kier alpha value is 0.434. The quantitative estimate of drug-likeness (QED) is 0.557. The van der Waals surface area contributed by atoms with Gasteiger partial charge in [0.1, 0.15) is 0 Å². The first kappa shape index (κ1) is 9.43. The summed E-state index contributed by atoms with van der Waals surface area (Å²) in [7, 11) is -0.924. The van der Waals surface area contributed by atoms with Crippen LogP contribution in [0.2, 0.25) is 37.9 Å². The predicted molar refractivity (Wildman–Crippen MR) is 51.6 cm³/mol. The molecule has 0 bridgehead atoms. The molecule has 0 aromatic rings. The van der Waals surface area contributed by atoms with E-state index in [9.17, 15) is 0 Å². The SMILES string of the molecule is CC[SiH](C)C[Si](C)(C)C. The van der Waals surface area contributed by atoms with E-state index in [0.717, 1.165) is 0 Å². The van der Waals surface area contributed by atoms with Gasteiger partial charge in [0, 0.05) is 16.9 Å². The highest BCUT2D eigenvalue weighted by molar-refractivity contribution is 6.87. The summed E-state index contributed by atoms with van der Waals surface area (Å²) in [4.78, 5) is 0. The molecule has 1 atom stereocenters. The topological polar surface area (TPSA) is 0 Å². The van der Waals surface area contributed by atoms with E-state index in [1.807, 2.05) is 0 Å². The standard InChI is InChI=1S/C7H20Si2/c1-6-8(2)7-9(3,4)5/h8H,6-7H2,1-5H3. The Morgan fingerprint density at radius 2 is 1.67 bits per heavy atom. The molecule has 0 aliphatic carbocycles. The summed E-state index contributed by atoms with van der Waals surface area (Å²) in [6, 6.07) is 1.49. The highest BCUT2D eigenvalue weighted by Crippen LogP contribution is 2.12. The van der Waals surface area contributed by atoms with Crippen molar-refractivity contribution in [1.82, 2.24) is 0 Å². The van der Waals surface area contributed by atoms with E-state index in [1.54, 1.807) is 5.67 Å². The van der Waals surface area contributed by atoms with Gasteiger partial charge in [0.05, 0.1) is 0 Å². The van der Waals surface area contributed by atoms with Gasteiger partial charge >= 0.3 is 0 Å². The van der Waals surface area contributed by atoms with Crippen molar-refractivity contribution in [2.45, 2.75) is 44.8 Å². The molecule has 0 aliphatic heterocycles. The third-order valence-corrected chi connectivity index (χ3v) is 10.7. The van der Waals surface area contributed by atoms with E-state index in [-0.39, 0.29) is 8.80 Å². The summed E-state index contributed by atoms with van der Waals surface area (Å²) in [6.07, 6.45) is 0. The van der Waals surface area contributed by atoms with Crippen LogP contribution in [-0.4, -0.2) is 16.9 Å². The van der Waals surface area contributed by atoms with Gasteiger partial charge in [-0.25, -0.2) is 0 Å². The minimum atomic E-state index is -0.680. The fraction of sp³-hybridized carbons (Fsp3) is 1.00. The molecule has 0 aromatic carbocycles. The minimum absolute atomic E-state index is 0.245. The van der Waals surface area contributed by atoms with Crippen LogP contribution in [-0.2, 0) is 0 Å². The van der Waals surface area contributed by atoms with Crippen LogP contribution >= 0.6 is 0 Å². The summed E-state index contributed by atoms with van der Waals surface area (Å²) in [5.41, 5.74) is 1.63. The molecule has 0 heterocycles. The number of hydrogen-bond donors (Lipinski definition) is 0. The van der Waals surface area contributed by atoms with Crippen LogP contribution in [0.25, 0.3) is 0 Å². The van der Waals surface area contributed by atoms with Crippen molar-refractivity contribution < 1.29 is 0 Å². The van der Waals surface area contributed by atoms with E-state index in [1.165, 1.54) is 6.04 Å². The van der Waals surface area contributed by atoms with Crippen LogP contribution in [0.4, 0.5) is 0 Å². The molecular weight excluding hydrogens is 140 g/mol. The zero-order chi connectivity index (χ0) is 7.49. The number of hydrogen-bond acceptors (Lipinski definition) is 0. The highest BCUT2D eigenvalue weighted by atomic mass is 28.4. The summed E-state index contributed by atoms with van der Waals surface area (Å²) in [5, 5.41) is 0. The zero-order valence-electron chi connectivity index (χ0n) is 7.49. The fourth-order valence-electron chi connectivity index (χ4n) is 1.19. The lowest BCUT2D eigenvalue weighted by Gasteiger charge is -2.18. The average molecular weight is 160 g/mol. The Kier molecular flexibility index (Phi) is 3.74. The molecule has 0 rings (SSSR count). The molecule has 2 heteroatoms. The highest BCUT2D eigenvalue weighted by Gasteiger charge is 2.16. The van der Waals surface area contributed by atoms with E-state index in [2.05, 4.69) is 33.1 Å². The van der Waals surface area contributed by atoms with Crippen molar-refractivity contribution in [3.8, 4) is 0 Å². The Bertz CT molecular complexity index is 73.5. The Morgan fingerprint density at radius 3 is 1.78 bits per heavy atom. The molecular formula is C7H20Si2. The second kappa shape index (κ2) is 3.57. The van der Waals surface area contributed by atoms with Crippen LogP contribution in [0, 0.1) is 0 Å². The van der Waals surface area contributed by atoms with Gasteiger partial charge in [0.15, 0.2) is 0 Å². The molecule has 56 valence electrons. The van der Waals surface area contributed by atoms with Gasteiger partial charge in [-0.05, 0) is 0 Å². The molecule has 0 spiro atoms. The van der Waals surface area contributed by atoms with Crippen LogP contribution in [0.5, 0.6) is 0 Å². The third-order valence-electron chi connectivity index (χ3n) is 1.66. The summed E-state index contributed by atoms with van der Waals surface area (Å²) in [6.45, 7) is 12.3. The van der Waals surface area contributed by atoms with E-state index < -0.39 is 8.07 Å². The Labute approximate surface area is 62.3 Å². The maximum absolute atomic E-state index is 2.50. The van der Waals surface area contributed by atoms with Crippen LogP contribution in [0.1, 0.15) is 6.92 Å². The second-order valence-electron chi connectivity index (χ2n) is 4.28. The van der Waals surface area contributed by atoms with Gasteiger partial charge in [0.25, 0.3) is 0 Å². The van der Waals surface area contributed by atoms with Crippen molar-refractivity contribution >= 4 is 16.9 Å². The Balaban J connectivity index is 3.47. The molecule has 0 saturated carbocycles. The monoisotopic (exact) mass is 160 g/mol. The van der Waals surface area contributed by atoms with Gasteiger partial charge in [-0.1, -0.05) is 44.8 Å². The first-order valence-electron chi connectivity index (χ1n) is 3.95. The maximum atomic E-state index is 2.50. The predicted octanol–water partition coefficient (Wildman–Crippen LogP) is 2.74. The molecule has 0 N–H and O–H groups in total. The van der Waals surface area contributed by atoms with Gasteiger partial charge in [0.2, 0.25) is 0 Å². The van der Waals surface area contributed by atoms with E-state index >= 15 is 0 Å². The summed E-state index contributed by atoms with van der Waals surface area (Å²) in [5.74, 6) is 0. The van der Waals surface area contributed by atoms with Crippen molar-refractivity contribution in [3.63, 3.8) is 0 Å². The number of rotatable bonds is 3. The van der Waals surface area contributed by atoms with Crippen molar-refractivity contribution in [2.24, 2.45) is 0 Å². The minimum Gasteiger partial charge on any atom is -0.0722 e. The van der Waals surface area contributed by atoms with Crippen LogP contribution in [0.15, 0.2) is 0 Å².